The molecule has 0 aliphatic rings. The number of aliphatic carboxylic acids is 1. The molecule has 2 aromatic heterocycles. The van der Waals surface area contributed by atoms with Crippen molar-refractivity contribution >= 4 is 33.3 Å². The van der Waals surface area contributed by atoms with Crippen LogP contribution in [0.15, 0.2) is 12.4 Å². The molecule has 0 aliphatic carbocycles. The van der Waals surface area contributed by atoms with Gasteiger partial charge in [0.15, 0.2) is 0 Å². The van der Waals surface area contributed by atoms with Gasteiger partial charge in [-0.05, 0) is 18.9 Å². The molecule has 0 saturated heterocycles. The zero-order valence-electron chi connectivity index (χ0n) is 11.0. The van der Waals surface area contributed by atoms with Crippen molar-refractivity contribution in [3.63, 3.8) is 0 Å². The second-order valence-electron chi connectivity index (χ2n) is 4.35. The highest BCUT2D eigenvalue weighted by Crippen LogP contribution is 2.29. The van der Waals surface area contributed by atoms with Crippen LogP contribution in [0.2, 0.25) is 0 Å². The predicted octanol–water partition coefficient (Wildman–Crippen LogP) is 2.92. The Morgan fingerprint density at radius 1 is 1.47 bits per heavy atom. The van der Waals surface area contributed by atoms with Crippen molar-refractivity contribution in [2.24, 2.45) is 0 Å². The van der Waals surface area contributed by atoms with Gasteiger partial charge in [0.1, 0.15) is 17.0 Å². The Kier molecular flexibility index (Phi) is 4.31. The molecule has 5 nitrogen and oxygen atoms in total. The van der Waals surface area contributed by atoms with Gasteiger partial charge in [-0.15, -0.1) is 11.3 Å². The van der Waals surface area contributed by atoms with E-state index >= 15 is 0 Å². The van der Waals surface area contributed by atoms with Crippen molar-refractivity contribution in [3.05, 3.63) is 17.3 Å². The van der Waals surface area contributed by atoms with Gasteiger partial charge in [-0.2, -0.15) is 0 Å². The summed E-state index contributed by atoms with van der Waals surface area (Å²) in [7, 11) is 0. The molecule has 2 rings (SSSR count). The fourth-order valence-corrected chi connectivity index (χ4v) is 2.83. The van der Waals surface area contributed by atoms with E-state index in [1.807, 2.05) is 6.92 Å². The number of aryl methyl sites for hydroxylation is 1. The molecule has 2 N–H and O–H groups in total. The van der Waals surface area contributed by atoms with Crippen LogP contribution in [0.3, 0.4) is 0 Å². The highest BCUT2D eigenvalue weighted by atomic mass is 32.1. The van der Waals surface area contributed by atoms with Gasteiger partial charge < -0.3 is 10.4 Å². The van der Waals surface area contributed by atoms with Crippen molar-refractivity contribution in [2.45, 2.75) is 39.2 Å². The standard InChI is InChI=1S/C13H17N3O2S/c1-3-8(5-11(17)18)16-12-10-6-9(4-2)19-13(10)15-7-14-12/h6-8H,3-5H2,1-2H3,(H,17,18)(H,14,15,16). The van der Waals surface area contributed by atoms with Gasteiger partial charge in [0.25, 0.3) is 0 Å². The monoisotopic (exact) mass is 279 g/mol. The summed E-state index contributed by atoms with van der Waals surface area (Å²) in [5.41, 5.74) is 0. The average Bonchev–Trinajstić information content (AvgIpc) is 2.81. The molecule has 6 heteroatoms. The van der Waals surface area contributed by atoms with E-state index in [-0.39, 0.29) is 12.5 Å². The second kappa shape index (κ2) is 5.97. The molecule has 0 aromatic carbocycles. The maximum absolute atomic E-state index is 10.8. The smallest absolute Gasteiger partial charge is 0.305 e. The van der Waals surface area contributed by atoms with Crippen LogP contribution in [0.4, 0.5) is 5.82 Å². The minimum Gasteiger partial charge on any atom is -0.481 e. The van der Waals surface area contributed by atoms with E-state index in [4.69, 9.17) is 5.11 Å². The highest BCUT2D eigenvalue weighted by molar-refractivity contribution is 7.18. The minimum atomic E-state index is -0.802. The number of carboxylic acid groups (broad SMARTS) is 1. The van der Waals surface area contributed by atoms with Crippen LogP contribution in [0.25, 0.3) is 10.2 Å². The summed E-state index contributed by atoms with van der Waals surface area (Å²) in [4.78, 5) is 21.5. The highest BCUT2D eigenvalue weighted by Gasteiger charge is 2.14. The van der Waals surface area contributed by atoms with Crippen molar-refractivity contribution in [3.8, 4) is 0 Å². The number of nitrogens with one attached hydrogen (secondary N) is 1. The summed E-state index contributed by atoms with van der Waals surface area (Å²) in [6.45, 7) is 4.06. The Bertz CT molecular complexity index is 582. The quantitative estimate of drug-likeness (QED) is 0.850. The third-order valence-electron chi connectivity index (χ3n) is 2.98. The zero-order chi connectivity index (χ0) is 13.8. The number of hydrogen-bond acceptors (Lipinski definition) is 5. The van der Waals surface area contributed by atoms with Gasteiger partial charge in [-0.25, -0.2) is 9.97 Å². The molecule has 0 bridgehead atoms. The summed E-state index contributed by atoms with van der Waals surface area (Å²) >= 11 is 1.65. The largest absolute Gasteiger partial charge is 0.481 e. The van der Waals surface area contributed by atoms with Crippen molar-refractivity contribution in [1.29, 1.82) is 0 Å². The van der Waals surface area contributed by atoms with E-state index in [1.165, 1.54) is 11.2 Å². The maximum atomic E-state index is 10.8. The number of carboxylic acids is 1. The number of fused-ring (bicyclic) bond motifs is 1. The molecule has 0 aliphatic heterocycles. The Labute approximate surface area is 115 Å². The van der Waals surface area contributed by atoms with Crippen LogP contribution >= 0.6 is 11.3 Å². The summed E-state index contributed by atoms with van der Waals surface area (Å²) in [5.74, 6) is -0.0711. The predicted molar refractivity (Wildman–Crippen MR) is 76.7 cm³/mol. The Morgan fingerprint density at radius 3 is 2.89 bits per heavy atom. The van der Waals surface area contributed by atoms with E-state index in [0.29, 0.717) is 0 Å². The van der Waals surface area contributed by atoms with E-state index in [2.05, 4.69) is 28.3 Å². The fourth-order valence-electron chi connectivity index (χ4n) is 1.90. The fraction of sp³-hybridized carbons (Fsp3) is 0.462. The summed E-state index contributed by atoms with van der Waals surface area (Å²) < 4.78 is 0. The Hall–Kier alpha value is -1.69. The molecule has 0 saturated carbocycles. The lowest BCUT2D eigenvalue weighted by molar-refractivity contribution is -0.137. The van der Waals surface area contributed by atoms with E-state index in [0.717, 1.165) is 28.9 Å². The van der Waals surface area contributed by atoms with E-state index in [1.54, 1.807) is 11.3 Å². The van der Waals surface area contributed by atoms with Gasteiger partial charge in [-0.1, -0.05) is 13.8 Å². The van der Waals surface area contributed by atoms with Crippen LogP contribution in [0, 0.1) is 0 Å². The number of hydrogen-bond donors (Lipinski definition) is 2. The van der Waals surface area contributed by atoms with Crippen molar-refractivity contribution in [2.75, 3.05) is 5.32 Å². The van der Waals surface area contributed by atoms with Crippen LogP contribution in [-0.4, -0.2) is 27.1 Å². The number of thiophene rings is 1. The number of carbonyl (C=O) groups is 1. The Balaban J connectivity index is 2.28. The molecule has 2 aromatic rings. The molecule has 19 heavy (non-hydrogen) atoms. The van der Waals surface area contributed by atoms with Gasteiger partial charge in [0.05, 0.1) is 11.8 Å². The van der Waals surface area contributed by atoms with Crippen LogP contribution in [-0.2, 0) is 11.2 Å². The topological polar surface area (TPSA) is 75.1 Å². The molecular weight excluding hydrogens is 262 g/mol. The molecule has 2 heterocycles. The van der Waals surface area contributed by atoms with Gasteiger partial charge in [-0.3, -0.25) is 4.79 Å². The molecule has 1 atom stereocenters. The van der Waals surface area contributed by atoms with Crippen LogP contribution in [0.1, 0.15) is 31.6 Å². The second-order valence-corrected chi connectivity index (χ2v) is 5.47. The summed E-state index contributed by atoms with van der Waals surface area (Å²) in [6.07, 6.45) is 3.32. The lowest BCUT2D eigenvalue weighted by atomic mass is 10.1. The first-order valence-corrected chi connectivity index (χ1v) is 7.17. The number of rotatable bonds is 6. The average molecular weight is 279 g/mol. The van der Waals surface area contributed by atoms with Crippen molar-refractivity contribution < 1.29 is 9.90 Å². The first-order valence-electron chi connectivity index (χ1n) is 6.35. The number of anilines is 1. The van der Waals surface area contributed by atoms with Gasteiger partial charge >= 0.3 is 5.97 Å². The molecule has 0 amide bonds. The minimum absolute atomic E-state index is 0.0900. The third-order valence-corrected chi connectivity index (χ3v) is 4.17. The lowest BCUT2D eigenvalue weighted by Crippen LogP contribution is -2.22. The first kappa shape index (κ1) is 13.7. The molecule has 0 spiro atoms. The SMILES string of the molecule is CCc1cc2c(NC(CC)CC(=O)O)ncnc2s1. The third kappa shape index (κ3) is 3.20. The molecule has 0 fully saturated rings. The lowest BCUT2D eigenvalue weighted by Gasteiger charge is -2.15. The zero-order valence-corrected chi connectivity index (χ0v) is 11.8. The molecular formula is C13H17N3O2S. The normalized spacial score (nSPS) is 12.5. The van der Waals surface area contributed by atoms with Crippen LogP contribution < -0.4 is 5.32 Å². The molecule has 102 valence electrons. The van der Waals surface area contributed by atoms with Crippen LogP contribution in [0.5, 0.6) is 0 Å². The van der Waals surface area contributed by atoms with E-state index in [9.17, 15) is 4.79 Å². The summed E-state index contributed by atoms with van der Waals surface area (Å²) in [5, 5.41) is 13.1. The number of aromatic nitrogens is 2. The maximum Gasteiger partial charge on any atom is 0.305 e. The molecule has 0 radical (unpaired) electrons. The summed E-state index contributed by atoms with van der Waals surface area (Å²) in [6, 6.07) is 1.97. The number of nitrogens with zero attached hydrogens (tertiary/aromatic N) is 2. The first-order chi connectivity index (χ1) is 9.13. The molecule has 1 unspecified atom stereocenters. The Morgan fingerprint density at radius 2 is 2.26 bits per heavy atom. The van der Waals surface area contributed by atoms with Gasteiger partial charge in [0, 0.05) is 10.9 Å². The van der Waals surface area contributed by atoms with E-state index < -0.39 is 5.97 Å². The van der Waals surface area contributed by atoms with Crippen molar-refractivity contribution in [1.82, 2.24) is 9.97 Å². The van der Waals surface area contributed by atoms with Gasteiger partial charge in [0.2, 0.25) is 0 Å².